The van der Waals surface area contributed by atoms with E-state index in [4.69, 9.17) is 21.7 Å². The highest BCUT2D eigenvalue weighted by Gasteiger charge is 2.33. The molecule has 10 heteroatoms. The average Bonchev–Trinajstić information content (AvgIpc) is 3.16. The number of ether oxygens (including phenoxy) is 2. The predicted octanol–water partition coefficient (Wildman–Crippen LogP) is 6.04. The molecule has 1 aliphatic heterocycles. The van der Waals surface area contributed by atoms with Gasteiger partial charge in [-0.25, -0.2) is 0 Å². The SMILES string of the molecule is CCOc1cc(/C=C2/SC(=S)N(c3ccc(N(C)C)cc3)C2=O)ccc1OCc1cccc([N+](=O)[O-])c1. The Labute approximate surface area is 224 Å². The molecule has 1 saturated heterocycles. The number of hydrogen-bond acceptors (Lipinski definition) is 8. The Morgan fingerprint density at radius 2 is 1.81 bits per heavy atom. The molecule has 0 bridgehead atoms. The summed E-state index contributed by atoms with van der Waals surface area (Å²) in [7, 11) is 3.91. The standard InChI is InChI=1S/C27H25N3O5S2/c1-4-34-24-15-18(8-13-23(24)35-17-19-6-5-7-22(14-19)30(32)33)16-25-26(31)29(27(36)37-25)21-11-9-20(10-12-21)28(2)3/h5-16H,4,17H2,1-3H3/b25-16+. The first-order valence-corrected chi connectivity index (χ1v) is 12.7. The maximum atomic E-state index is 13.2. The number of thioether (sulfide) groups is 1. The summed E-state index contributed by atoms with van der Waals surface area (Å²) in [4.78, 5) is 27.8. The van der Waals surface area contributed by atoms with E-state index in [0.29, 0.717) is 32.9 Å². The number of anilines is 2. The largest absolute Gasteiger partial charge is 0.490 e. The van der Waals surface area contributed by atoms with Crippen LogP contribution < -0.4 is 19.3 Å². The van der Waals surface area contributed by atoms with Gasteiger partial charge in [0, 0.05) is 31.9 Å². The number of nitrogens with zero attached hydrogens (tertiary/aromatic N) is 3. The zero-order chi connectivity index (χ0) is 26.5. The van der Waals surface area contributed by atoms with Gasteiger partial charge in [-0.2, -0.15) is 0 Å². The van der Waals surface area contributed by atoms with Gasteiger partial charge in [0.25, 0.3) is 11.6 Å². The summed E-state index contributed by atoms with van der Waals surface area (Å²) in [5.74, 6) is 0.826. The molecule has 1 fully saturated rings. The minimum atomic E-state index is -0.439. The van der Waals surface area contributed by atoms with Crippen LogP contribution in [-0.2, 0) is 11.4 Å². The van der Waals surface area contributed by atoms with E-state index in [-0.39, 0.29) is 18.2 Å². The Morgan fingerprint density at radius 1 is 1.05 bits per heavy atom. The van der Waals surface area contributed by atoms with Crippen LogP contribution in [0.5, 0.6) is 11.5 Å². The highest BCUT2D eigenvalue weighted by atomic mass is 32.2. The molecule has 3 aromatic rings. The minimum Gasteiger partial charge on any atom is -0.490 e. The molecule has 1 aliphatic rings. The highest BCUT2D eigenvalue weighted by Crippen LogP contribution is 2.38. The molecule has 0 saturated carbocycles. The van der Waals surface area contributed by atoms with Gasteiger partial charge in [0.1, 0.15) is 6.61 Å². The maximum Gasteiger partial charge on any atom is 0.270 e. The number of carbonyl (C=O) groups excluding carboxylic acids is 1. The fourth-order valence-corrected chi connectivity index (χ4v) is 4.96. The van der Waals surface area contributed by atoms with E-state index in [0.717, 1.165) is 16.9 Å². The molecule has 1 amide bonds. The lowest BCUT2D eigenvalue weighted by Crippen LogP contribution is -2.27. The maximum absolute atomic E-state index is 13.2. The Morgan fingerprint density at radius 3 is 2.49 bits per heavy atom. The van der Waals surface area contributed by atoms with Crippen molar-refractivity contribution < 1.29 is 19.2 Å². The predicted molar refractivity (Wildman–Crippen MR) is 151 cm³/mol. The van der Waals surface area contributed by atoms with Crippen molar-refractivity contribution in [3.8, 4) is 11.5 Å². The molecule has 0 spiro atoms. The number of rotatable bonds is 9. The third kappa shape index (κ3) is 6.10. The molecule has 8 nitrogen and oxygen atoms in total. The smallest absolute Gasteiger partial charge is 0.270 e. The van der Waals surface area contributed by atoms with Gasteiger partial charge in [0.2, 0.25) is 0 Å². The summed E-state index contributed by atoms with van der Waals surface area (Å²) >= 11 is 6.75. The van der Waals surface area contributed by atoms with E-state index in [1.165, 1.54) is 28.8 Å². The van der Waals surface area contributed by atoms with Crippen LogP contribution in [0.15, 0.2) is 71.6 Å². The third-order valence-corrected chi connectivity index (χ3v) is 6.80. The average molecular weight is 536 g/mol. The molecule has 0 atom stereocenters. The van der Waals surface area contributed by atoms with E-state index < -0.39 is 4.92 Å². The molecule has 0 N–H and O–H groups in total. The molecule has 0 aromatic heterocycles. The zero-order valence-electron chi connectivity index (χ0n) is 20.5. The van der Waals surface area contributed by atoms with Crippen molar-refractivity contribution in [2.24, 2.45) is 0 Å². The molecule has 37 heavy (non-hydrogen) atoms. The first-order chi connectivity index (χ1) is 17.8. The fourth-order valence-electron chi connectivity index (χ4n) is 3.66. The second-order valence-corrected chi connectivity index (χ2v) is 9.96. The first kappa shape index (κ1) is 26.2. The van der Waals surface area contributed by atoms with Crippen LogP contribution in [0.2, 0.25) is 0 Å². The van der Waals surface area contributed by atoms with Crippen LogP contribution in [0.1, 0.15) is 18.1 Å². The van der Waals surface area contributed by atoms with Crippen LogP contribution in [0.25, 0.3) is 6.08 Å². The lowest BCUT2D eigenvalue weighted by atomic mass is 10.1. The zero-order valence-corrected chi connectivity index (χ0v) is 22.2. The van der Waals surface area contributed by atoms with Crippen LogP contribution in [0.3, 0.4) is 0 Å². The van der Waals surface area contributed by atoms with Gasteiger partial charge in [0.05, 0.1) is 22.1 Å². The number of nitro groups is 1. The van der Waals surface area contributed by atoms with Gasteiger partial charge in [0.15, 0.2) is 15.8 Å². The second-order valence-electron chi connectivity index (χ2n) is 8.28. The Balaban J connectivity index is 1.53. The Bertz CT molecular complexity index is 1370. The van der Waals surface area contributed by atoms with Crippen molar-refractivity contribution in [1.29, 1.82) is 0 Å². The van der Waals surface area contributed by atoms with Crippen molar-refractivity contribution in [2.75, 3.05) is 30.5 Å². The lowest BCUT2D eigenvalue weighted by molar-refractivity contribution is -0.384. The van der Waals surface area contributed by atoms with E-state index >= 15 is 0 Å². The molecular formula is C27H25N3O5S2. The minimum absolute atomic E-state index is 0.00689. The molecule has 0 aliphatic carbocycles. The van der Waals surface area contributed by atoms with Gasteiger partial charge >= 0.3 is 0 Å². The number of benzene rings is 3. The summed E-state index contributed by atoms with van der Waals surface area (Å²) < 4.78 is 12.1. The fraction of sp³-hybridized carbons (Fsp3) is 0.185. The molecule has 1 heterocycles. The van der Waals surface area contributed by atoms with Crippen molar-refractivity contribution in [3.63, 3.8) is 0 Å². The van der Waals surface area contributed by atoms with E-state index in [2.05, 4.69) is 0 Å². The number of amides is 1. The summed E-state index contributed by atoms with van der Waals surface area (Å²) in [5.41, 5.74) is 3.18. The van der Waals surface area contributed by atoms with Gasteiger partial charge in [-0.1, -0.05) is 42.2 Å². The molecule has 3 aromatic carbocycles. The molecular weight excluding hydrogens is 510 g/mol. The third-order valence-electron chi connectivity index (χ3n) is 5.50. The number of thiocarbonyl (C=S) groups is 1. The van der Waals surface area contributed by atoms with Crippen molar-refractivity contribution in [2.45, 2.75) is 13.5 Å². The number of non-ortho nitro benzene ring substituents is 1. The van der Waals surface area contributed by atoms with Crippen molar-refractivity contribution in [1.82, 2.24) is 0 Å². The van der Waals surface area contributed by atoms with Crippen LogP contribution in [0, 0.1) is 10.1 Å². The second kappa shape index (κ2) is 11.4. The summed E-state index contributed by atoms with van der Waals surface area (Å²) in [6.45, 7) is 2.43. The number of carbonyl (C=O) groups is 1. The lowest BCUT2D eigenvalue weighted by Gasteiger charge is -2.17. The normalized spacial score (nSPS) is 14.2. The van der Waals surface area contributed by atoms with Gasteiger partial charge < -0.3 is 14.4 Å². The Kier molecular flexibility index (Phi) is 8.10. The summed E-state index contributed by atoms with van der Waals surface area (Å²) in [6.07, 6.45) is 1.78. The number of nitro benzene ring substituents is 1. The van der Waals surface area contributed by atoms with Gasteiger partial charge in [-0.15, -0.1) is 0 Å². The van der Waals surface area contributed by atoms with E-state index in [9.17, 15) is 14.9 Å². The topological polar surface area (TPSA) is 85.2 Å². The highest BCUT2D eigenvalue weighted by molar-refractivity contribution is 8.27. The molecule has 190 valence electrons. The van der Waals surface area contributed by atoms with Crippen molar-refractivity contribution >= 4 is 57.3 Å². The molecule has 0 unspecified atom stereocenters. The monoisotopic (exact) mass is 535 g/mol. The molecule has 4 rings (SSSR count). The summed E-state index contributed by atoms with van der Waals surface area (Å²) in [5, 5.41) is 11.0. The summed E-state index contributed by atoms with van der Waals surface area (Å²) in [6, 6.07) is 19.3. The van der Waals surface area contributed by atoms with Crippen LogP contribution >= 0.6 is 24.0 Å². The van der Waals surface area contributed by atoms with E-state index in [1.54, 1.807) is 30.3 Å². The van der Waals surface area contributed by atoms with Gasteiger partial charge in [-0.3, -0.25) is 19.8 Å². The number of hydrogen-bond donors (Lipinski definition) is 0. The first-order valence-electron chi connectivity index (χ1n) is 11.4. The molecule has 0 radical (unpaired) electrons. The van der Waals surface area contributed by atoms with Crippen LogP contribution in [-0.4, -0.2) is 35.9 Å². The van der Waals surface area contributed by atoms with Crippen LogP contribution in [0.4, 0.5) is 17.1 Å². The van der Waals surface area contributed by atoms with Gasteiger partial charge in [-0.05, 0) is 60.5 Å². The quantitative estimate of drug-likeness (QED) is 0.142. The Hall–Kier alpha value is -3.89. The van der Waals surface area contributed by atoms with E-state index in [1.807, 2.05) is 56.3 Å². The van der Waals surface area contributed by atoms with Crippen molar-refractivity contribution in [3.05, 3.63) is 92.9 Å².